The van der Waals surface area contributed by atoms with Gasteiger partial charge in [-0.1, -0.05) is 29.4 Å². The van der Waals surface area contributed by atoms with Gasteiger partial charge >= 0.3 is 0 Å². The summed E-state index contributed by atoms with van der Waals surface area (Å²) < 4.78 is 6.63. The van der Waals surface area contributed by atoms with Gasteiger partial charge in [0.15, 0.2) is 0 Å². The van der Waals surface area contributed by atoms with Crippen LogP contribution in [0, 0.1) is 0 Å². The Bertz CT molecular complexity index is 607. The molecule has 0 aliphatic carbocycles. The molecule has 2 heterocycles. The molecule has 5 nitrogen and oxygen atoms in total. The average molecular weight is 240 g/mol. The molecule has 0 saturated heterocycles. The Morgan fingerprint density at radius 1 is 1.11 bits per heavy atom. The van der Waals surface area contributed by atoms with Crippen molar-refractivity contribution in [2.75, 3.05) is 5.73 Å². The summed E-state index contributed by atoms with van der Waals surface area (Å²) in [5.74, 6) is 0.321. The van der Waals surface area contributed by atoms with Gasteiger partial charge in [-0.3, -0.25) is 4.68 Å². The minimum absolute atomic E-state index is 0.321. The molecule has 0 spiro atoms. The first-order chi connectivity index (χ1) is 8.72. The highest BCUT2D eigenvalue weighted by molar-refractivity contribution is 5.68. The van der Waals surface area contributed by atoms with Crippen LogP contribution in [0.2, 0.25) is 0 Å². The van der Waals surface area contributed by atoms with Crippen LogP contribution < -0.4 is 5.73 Å². The zero-order valence-corrected chi connectivity index (χ0v) is 9.87. The van der Waals surface area contributed by atoms with Gasteiger partial charge in [-0.25, -0.2) is 0 Å². The largest absolute Gasteiger partial charge is 0.368 e. The first-order valence-electron chi connectivity index (χ1n) is 5.54. The van der Waals surface area contributed by atoms with Gasteiger partial charge in [0.1, 0.15) is 5.69 Å². The van der Waals surface area contributed by atoms with Gasteiger partial charge in [0.05, 0.1) is 6.20 Å². The molecule has 0 atom stereocenters. The van der Waals surface area contributed by atoms with Crippen molar-refractivity contribution >= 4 is 5.88 Å². The fraction of sp³-hybridized carbons (Fsp3) is 0.0769. The molecule has 0 fully saturated rings. The van der Waals surface area contributed by atoms with Crippen LogP contribution in [0.1, 0.15) is 0 Å². The van der Waals surface area contributed by atoms with Crippen molar-refractivity contribution in [3.63, 3.8) is 0 Å². The number of aromatic nitrogens is 3. The maximum Gasteiger partial charge on any atom is 0.222 e. The van der Waals surface area contributed by atoms with Gasteiger partial charge in [-0.05, 0) is 5.56 Å². The van der Waals surface area contributed by atoms with Crippen molar-refractivity contribution in [2.24, 2.45) is 7.05 Å². The third-order valence-corrected chi connectivity index (χ3v) is 2.75. The maximum absolute atomic E-state index is 5.50. The number of nitrogen functional groups attached to an aromatic ring is 1. The van der Waals surface area contributed by atoms with Crippen LogP contribution in [0.4, 0.5) is 5.88 Å². The fourth-order valence-corrected chi connectivity index (χ4v) is 1.83. The number of hydrogen-bond acceptors (Lipinski definition) is 4. The first-order valence-corrected chi connectivity index (χ1v) is 5.54. The number of nitrogens with two attached hydrogens (primary N) is 1. The van der Waals surface area contributed by atoms with Crippen LogP contribution in [0.25, 0.3) is 22.4 Å². The lowest BCUT2D eigenvalue weighted by atomic mass is 10.1. The molecule has 5 heteroatoms. The third kappa shape index (κ3) is 1.86. The van der Waals surface area contributed by atoms with E-state index in [0.29, 0.717) is 5.88 Å². The highest BCUT2D eigenvalue weighted by atomic mass is 16.5. The monoisotopic (exact) mass is 240 g/mol. The molecule has 0 aliphatic rings. The molecule has 2 N–H and O–H groups in total. The second-order valence-corrected chi connectivity index (χ2v) is 4.09. The van der Waals surface area contributed by atoms with Crippen molar-refractivity contribution in [2.45, 2.75) is 0 Å². The van der Waals surface area contributed by atoms with Gasteiger partial charge < -0.3 is 10.3 Å². The summed E-state index contributed by atoms with van der Waals surface area (Å²) in [4.78, 5) is 0. The van der Waals surface area contributed by atoms with E-state index in [1.165, 1.54) is 0 Å². The van der Waals surface area contributed by atoms with Gasteiger partial charge in [0.2, 0.25) is 5.88 Å². The van der Waals surface area contributed by atoms with E-state index in [1.54, 1.807) is 10.7 Å². The lowest BCUT2D eigenvalue weighted by Gasteiger charge is -1.99. The molecule has 18 heavy (non-hydrogen) atoms. The van der Waals surface area contributed by atoms with E-state index in [0.717, 1.165) is 22.4 Å². The van der Waals surface area contributed by atoms with E-state index >= 15 is 0 Å². The molecule has 1 aromatic carbocycles. The molecular weight excluding hydrogens is 228 g/mol. The van der Waals surface area contributed by atoms with Crippen molar-refractivity contribution in [3.8, 4) is 22.4 Å². The summed E-state index contributed by atoms with van der Waals surface area (Å²) >= 11 is 0. The van der Waals surface area contributed by atoms with E-state index < -0.39 is 0 Å². The lowest BCUT2D eigenvalue weighted by Crippen LogP contribution is -1.84. The smallest absolute Gasteiger partial charge is 0.222 e. The average Bonchev–Trinajstić information content (AvgIpc) is 2.98. The minimum atomic E-state index is 0.321. The summed E-state index contributed by atoms with van der Waals surface area (Å²) in [6.45, 7) is 0. The van der Waals surface area contributed by atoms with Crippen molar-refractivity contribution < 1.29 is 4.52 Å². The molecule has 0 amide bonds. The summed E-state index contributed by atoms with van der Waals surface area (Å²) in [5, 5.41) is 8.03. The molecule has 90 valence electrons. The van der Waals surface area contributed by atoms with Crippen molar-refractivity contribution in [1.82, 2.24) is 14.9 Å². The number of nitrogens with zero attached hydrogens (tertiary/aromatic N) is 3. The SMILES string of the molecule is Cn1cc(-c2ccc(-c3cc(N)on3)cc2)cn1. The summed E-state index contributed by atoms with van der Waals surface area (Å²) in [6, 6.07) is 9.73. The van der Waals surface area contributed by atoms with E-state index in [-0.39, 0.29) is 0 Å². The Kier molecular flexibility index (Phi) is 2.37. The molecule has 3 aromatic rings. The summed E-state index contributed by atoms with van der Waals surface area (Å²) in [5.41, 5.74) is 9.42. The Morgan fingerprint density at radius 2 is 1.83 bits per heavy atom. The van der Waals surface area contributed by atoms with Gasteiger partial charge in [-0.2, -0.15) is 5.10 Å². The Hall–Kier alpha value is -2.56. The highest BCUT2D eigenvalue weighted by Gasteiger charge is 2.05. The molecular formula is C13H12N4O. The number of anilines is 1. The number of aryl methyl sites for hydroxylation is 1. The van der Waals surface area contributed by atoms with Crippen LogP contribution in [-0.4, -0.2) is 14.9 Å². The van der Waals surface area contributed by atoms with Crippen molar-refractivity contribution in [3.05, 3.63) is 42.7 Å². The van der Waals surface area contributed by atoms with Crippen LogP contribution in [0.5, 0.6) is 0 Å². The molecule has 0 saturated carbocycles. The van der Waals surface area contributed by atoms with Gasteiger partial charge in [0, 0.05) is 30.4 Å². The maximum atomic E-state index is 5.50. The molecule has 0 unspecified atom stereocenters. The minimum Gasteiger partial charge on any atom is -0.368 e. The molecule has 0 radical (unpaired) electrons. The zero-order valence-electron chi connectivity index (χ0n) is 9.87. The Morgan fingerprint density at radius 3 is 2.39 bits per heavy atom. The molecule has 0 aliphatic heterocycles. The van der Waals surface area contributed by atoms with E-state index in [2.05, 4.69) is 10.3 Å². The number of benzene rings is 1. The Labute approximate surface area is 104 Å². The first kappa shape index (κ1) is 10.6. The molecule has 0 bridgehead atoms. The van der Waals surface area contributed by atoms with E-state index in [9.17, 15) is 0 Å². The topological polar surface area (TPSA) is 69.9 Å². The number of hydrogen-bond donors (Lipinski definition) is 1. The Balaban J connectivity index is 1.94. The second kappa shape index (κ2) is 4.03. The second-order valence-electron chi connectivity index (χ2n) is 4.09. The summed E-state index contributed by atoms with van der Waals surface area (Å²) in [6.07, 6.45) is 3.81. The van der Waals surface area contributed by atoms with Gasteiger partial charge in [-0.15, -0.1) is 0 Å². The zero-order chi connectivity index (χ0) is 12.5. The van der Waals surface area contributed by atoms with E-state index in [4.69, 9.17) is 10.3 Å². The third-order valence-electron chi connectivity index (χ3n) is 2.75. The van der Waals surface area contributed by atoms with Crippen LogP contribution >= 0.6 is 0 Å². The predicted molar refractivity (Wildman–Crippen MR) is 68.6 cm³/mol. The standard InChI is InChI=1S/C13H12N4O/c1-17-8-11(7-15-17)9-2-4-10(5-3-9)12-6-13(14)18-16-12/h2-8H,14H2,1H3. The quantitative estimate of drug-likeness (QED) is 0.746. The predicted octanol–water partition coefficient (Wildman–Crippen LogP) is 2.32. The van der Waals surface area contributed by atoms with Crippen LogP contribution in [0.3, 0.4) is 0 Å². The molecule has 2 aromatic heterocycles. The summed E-state index contributed by atoms with van der Waals surface area (Å²) in [7, 11) is 1.90. The van der Waals surface area contributed by atoms with Crippen LogP contribution in [-0.2, 0) is 7.05 Å². The molecule has 3 rings (SSSR count). The lowest BCUT2D eigenvalue weighted by molar-refractivity contribution is 0.439. The fourth-order valence-electron chi connectivity index (χ4n) is 1.83. The van der Waals surface area contributed by atoms with Crippen molar-refractivity contribution in [1.29, 1.82) is 0 Å². The highest BCUT2D eigenvalue weighted by Crippen LogP contribution is 2.24. The van der Waals surface area contributed by atoms with Crippen LogP contribution in [0.15, 0.2) is 47.2 Å². The van der Waals surface area contributed by atoms with E-state index in [1.807, 2.05) is 43.7 Å². The normalized spacial score (nSPS) is 10.7. The number of rotatable bonds is 2. The van der Waals surface area contributed by atoms with Gasteiger partial charge in [0.25, 0.3) is 0 Å².